The molecule has 2 aromatic carbocycles. The van der Waals surface area contributed by atoms with E-state index in [4.69, 9.17) is 5.73 Å². The van der Waals surface area contributed by atoms with Crippen LogP contribution in [0.5, 0.6) is 0 Å². The number of nitrogens with zero attached hydrogens (tertiary/aromatic N) is 1. The lowest BCUT2D eigenvalue weighted by Crippen LogP contribution is -2.11. The number of benzene rings is 2. The third-order valence-corrected chi connectivity index (χ3v) is 3.83. The minimum atomic E-state index is -0.369. The van der Waals surface area contributed by atoms with Gasteiger partial charge in [0, 0.05) is 24.7 Å². The third-order valence-electron chi connectivity index (χ3n) is 3.83. The molecule has 0 aliphatic carbocycles. The van der Waals surface area contributed by atoms with Gasteiger partial charge < -0.3 is 5.73 Å². The highest BCUT2D eigenvalue weighted by atomic mass is 16.1. The number of rotatable bonds is 5. The Kier molecular flexibility index (Phi) is 3.52. The van der Waals surface area contributed by atoms with Gasteiger partial charge in [0.25, 0.3) is 0 Å². The summed E-state index contributed by atoms with van der Waals surface area (Å²) in [6.07, 6.45) is 1.00. The second-order valence-corrected chi connectivity index (χ2v) is 5.23. The van der Waals surface area contributed by atoms with Gasteiger partial charge in [-0.1, -0.05) is 42.5 Å². The van der Waals surface area contributed by atoms with Crippen molar-refractivity contribution in [3.05, 3.63) is 71.3 Å². The number of hydrogen-bond acceptors (Lipinski definition) is 2. The minimum Gasteiger partial charge on any atom is -0.366 e. The molecule has 1 amide bonds. The lowest BCUT2D eigenvalue weighted by Gasteiger charge is -2.05. The molecule has 0 bridgehead atoms. The molecule has 1 aliphatic heterocycles. The van der Waals surface area contributed by atoms with E-state index in [9.17, 15) is 4.79 Å². The average Bonchev–Trinajstić information content (AvgIpc) is 3.26. The molecule has 2 atom stereocenters. The summed E-state index contributed by atoms with van der Waals surface area (Å²) < 4.78 is 0. The third kappa shape index (κ3) is 2.89. The van der Waals surface area contributed by atoms with Crippen LogP contribution in [0.3, 0.4) is 0 Å². The number of primary amides is 1. The van der Waals surface area contributed by atoms with E-state index < -0.39 is 0 Å². The molecule has 102 valence electrons. The van der Waals surface area contributed by atoms with Gasteiger partial charge in [-0.05, 0) is 29.7 Å². The molecule has 1 aliphatic rings. The first-order valence-corrected chi connectivity index (χ1v) is 6.92. The van der Waals surface area contributed by atoms with Crippen LogP contribution < -0.4 is 5.73 Å². The van der Waals surface area contributed by atoms with Gasteiger partial charge in [0.2, 0.25) is 5.91 Å². The van der Waals surface area contributed by atoms with Gasteiger partial charge in [0.05, 0.1) is 0 Å². The monoisotopic (exact) mass is 266 g/mol. The van der Waals surface area contributed by atoms with E-state index in [2.05, 4.69) is 35.2 Å². The zero-order valence-corrected chi connectivity index (χ0v) is 11.3. The smallest absolute Gasteiger partial charge is 0.248 e. The van der Waals surface area contributed by atoms with Crippen LogP contribution in [-0.4, -0.2) is 23.9 Å². The van der Waals surface area contributed by atoms with E-state index in [1.165, 1.54) is 11.1 Å². The lowest BCUT2D eigenvalue weighted by atomic mass is 10.1. The fraction of sp³-hybridized carbons (Fsp3) is 0.235. The molecular formula is C17H18N2O. The summed E-state index contributed by atoms with van der Waals surface area (Å²) in [5, 5.41) is 0. The fourth-order valence-corrected chi connectivity index (χ4v) is 2.52. The van der Waals surface area contributed by atoms with Gasteiger partial charge in [-0.25, -0.2) is 0 Å². The summed E-state index contributed by atoms with van der Waals surface area (Å²) in [4.78, 5) is 13.5. The summed E-state index contributed by atoms with van der Waals surface area (Å²) in [5.41, 5.74) is 8.45. The molecule has 0 spiro atoms. The molecule has 0 aromatic heterocycles. The number of hydrogen-bond donors (Lipinski definition) is 1. The topological polar surface area (TPSA) is 46.1 Å². The van der Waals surface area contributed by atoms with E-state index in [-0.39, 0.29) is 5.91 Å². The zero-order valence-electron chi connectivity index (χ0n) is 11.3. The molecule has 3 nitrogen and oxygen atoms in total. The Bertz CT molecular complexity index is 592. The first-order chi connectivity index (χ1) is 9.74. The molecule has 0 saturated carbocycles. The highest BCUT2D eigenvalue weighted by Gasteiger charge is 2.34. The van der Waals surface area contributed by atoms with E-state index in [0.29, 0.717) is 11.6 Å². The van der Waals surface area contributed by atoms with Gasteiger partial charge in [-0.15, -0.1) is 0 Å². The first kappa shape index (κ1) is 12.9. The molecular weight excluding hydrogens is 248 g/mol. The number of nitrogens with two attached hydrogens (primary N) is 1. The van der Waals surface area contributed by atoms with Crippen LogP contribution in [0.4, 0.5) is 0 Å². The van der Waals surface area contributed by atoms with Crippen LogP contribution in [0.1, 0.15) is 27.5 Å². The van der Waals surface area contributed by atoms with Gasteiger partial charge >= 0.3 is 0 Å². The van der Waals surface area contributed by atoms with Crippen molar-refractivity contribution in [2.24, 2.45) is 5.73 Å². The summed E-state index contributed by atoms with van der Waals surface area (Å²) in [7, 11) is 0. The number of amides is 1. The van der Waals surface area contributed by atoms with Crippen molar-refractivity contribution in [3.8, 4) is 0 Å². The molecule has 1 heterocycles. The summed E-state index contributed by atoms with van der Waals surface area (Å²) >= 11 is 0. The second kappa shape index (κ2) is 5.47. The minimum absolute atomic E-state index is 0.369. The Labute approximate surface area is 119 Å². The van der Waals surface area contributed by atoms with Crippen LogP contribution in [0.15, 0.2) is 54.6 Å². The van der Waals surface area contributed by atoms with Crippen molar-refractivity contribution in [3.63, 3.8) is 0 Å². The maximum Gasteiger partial charge on any atom is 0.248 e. The summed E-state index contributed by atoms with van der Waals surface area (Å²) in [6.45, 7) is 2.19. The Hall–Kier alpha value is -2.13. The highest BCUT2D eigenvalue weighted by molar-refractivity contribution is 5.92. The predicted molar refractivity (Wildman–Crippen MR) is 79.4 cm³/mol. The van der Waals surface area contributed by atoms with Crippen molar-refractivity contribution in [1.29, 1.82) is 0 Å². The Morgan fingerprint density at radius 1 is 1.10 bits per heavy atom. The highest BCUT2D eigenvalue weighted by Crippen LogP contribution is 2.34. The number of carbonyl (C=O) groups is 1. The van der Waals surface area contributed by atoms with Crippen molar-refractivity contribution in [1.82, 2.24) is 4.90 Å². The maximum absolute atomic E-state index is 11.0. The fourth-order valence-electron chi connectivity index (χ4n) is 2.52. The maximum atomic E-state index is 11.0. The predicted octanol–water partition coefficient (Wildman–Crippen LogP) is 2.38. The van der Waals surface area contributed by atoms with Crippen molar-refractivity contribution in [2.45, 2.75) is 12.5 Å². The zero-order chi connectivity index (χ0) is 13.9. The summed E-state index contributed by atoms with van der Waals surface area (Å²) in [6, 6.07) is 18.8. The molecule has 1 unspecified atom stereocenters. The van der Waals surface area contributed by atoms with Crippen LogP contribution in [0.25, 0.3) is 0 Å². The van der Waals surface area contributed by atoms with Crippen molar-refractivity contribution >= 4 is 5.91 Å². The molecule has 20 heavy (non-hydrogen) atoms. The first-order valence-electron chi connectivity index (χ1n) is 6.92. The van der Waals surface area contributed by atoms with Gasteiger partial charge in [0.15, 0.2) is 0 Å². The van der Waals surface area contributed by atoms with Crippen molar-refractivity contribution in [2.75, 3.05) is 13.1 Å². The molecule has 2 aromatic rings. The van der Waals surface area contributed by atoms with Crippen molar-refractivity contribution < 1.29 is 4.79 Å². The normalized spacial score (nSPS) is 20.6. The van der Waals surface area contributed by atoms with E-state index in [0.717, 1.165) is 19.5 Å². The van der Waals surface area contributed by atoms with Crippen LogP contribution in [0.2, 0.25) is 0 Å². The van der Waals surface area contributed by atoms with Crippen LogP contribution in [-0.2, 0) is 6.42 Å². The lowest BCUT2D eigenvalue weighted by molar-refractivity contribution is 0.100. The van der Waals surface area contributed by atoms with Gasteiger partial charge in [-0.3, -0.25) is 9.69 Å². The van der Waals surface area contributed by atoms with E-state index in [1.807, 2.05) is 12.1 Å². The van der Waals surface area contributed by atoms with Crippen LogP contribution >= 0.6 is 0 Å². The SMILES string of the molecule is NC(=O)c1ccc(CC[N@@]2CC2c2ccccc2)cc1. The standard InChI is InChI=1S/C17H18N2O/c18-17(20)15-8-6-13(7-9-15)10-11-19-12-16(19)14-4-2-1-3-5-14/h1-9,16H,10-12H2,(H2,18,20)/t16?,19-/m0/s1. The molecule has 3 rings (SSSR count). The molecule has 2 N–H and O–H groups in total. The van der Waals surface area contributed by atoms with Crippen LogP contribution in [0, 0.1) is 0 Å². The molecule has 0 radical (unpaired) electrons. The molecule has 1 saturated heterocycles. The largest absolute Gasteiger partial charge is 0.366 e. The second-order valence-electron chi connectivity index (χ2n) is 5.23. The van der Waals surface area contributed by atoms with Gasteiger partial charge in [-0.2, -0.15) is 0 Å². The molecule has 3 heteroatoms. The van der Waals surface area contributed by atoms with E-state index >= 15 is 0 Å². The number of carbonyl (C=O) groups excluding carboxylic acids is 1. The summed E-state index contributed by atoms with van der Waals surface area (Å²) in [5.74, 6) is -0.369. The quantitative estimate of drug-likeness (QED) is 0.845. The van der Waals surface area contributed by atoms with Gasteiger partial charge in [0.1, 0.15) is 0 Å². The Balaban J connectivity index is 1.53. The van der Waals surface area contributed by atoms with E-state index in [1.54, 1.807) is 12.1 Å². The molecule has 1 fully saturated rings. The Morgan fingerprint density at radius 3 is 2.45 bits per heavy atom. The Morgan fingerprint density at radius 2 is 1.80 bits per heavy atom. The average molecular weight is 266 g/mol.